The molecule has 24 aliphatic carbocycles. The zero-order chi connectivity index (χ0) is 50.8. The van der Waals surface area contributed by atoms with E-state index in [4.69, 9.17) is 34.0 Å². The fourth-order valence-electron chi connectivity index (χ4n) is 26.6. The average Bonchev–Trinajstić information content (AvgIpc) is 3.23. The molecule has 0 aliphatic heterocycles. The van der Waals surface area contributed by atoms with E-state index in [0.717, 1.165) is 108 Å². The van der Waals surface area contributed by atoms with Crippen LogP contribution in [0.1, 0.15) is 250 Å². The van der Waals surface area contributed by atoms with E-state index < -0.39 is 5.97 Å². The van der Waals surface area contributed by atoms with Crippen LogP contribution in [0.4, 0.5) is 0 Å². The third-order valence-electron chi connectivity index (χ3n) is 26.1. The molecule has 0 spiro atoms. The maximum absolute atomic E-state index is 11.1. The van der Waals surface area contributed by atoms with Crippen molar-refractivity contribution in [1.82, 2.24) is 0 Å². The van der Waals surface area contributed by atoms with E-state index >= 15 is 0 Å². The van der Waals surface area contributed by atoms with Crippen molar-refractivity contribution in [3.05, 3.63) is 0 Å². The van der Waals surface area contributed by atoms with Gasteiger partial charge in [0.25, 0.3) is 0 Å². The second kappa shape index (κ2) is 20.3. The normalized spacial score (nSPS) is 53.9. The largest absolute Gasteiger partial charge is 0.481 e. The lowest BCUT2D eigenvalue weighted by atomic mass is 9.49. The van der Waals surface area contributed by atoms with Gasteiger partial charge in [-0.05, 0) is 371 Å². The number of aliphatic hydroxyl groups is 1. The van der Waals surface area contributed by atoms with Crippen molar-refractivity contribution in [3.8, 4) is 0 Å². The fourth-order valence-corrected chi connectivity index (χ4v) is 27.5. The Morgan fingerprint density at radius 3 is 0.743 bits per heavy atom. The van der Waals surface area contributed by atoms with E-state index in [9.17, 15) is 19.5 Å². The van der Waals surface area contributed by atoms with Gasteiger partial charge in [-0.2, -0.15) is 0 Å². The highest BCUT2D eigenvalue weighted by atomic mass is 35.5. The molecule has 24 fully saturated rings. The third kappa shape index (κ3) is 11.7. The number of primary amides is 1. The van der Waals surface area contributed by atoms with Gasteiger partial charge in [0.1, 0.15) is 0 Å². The molecule has 74 heavy (non-hydrogen) atoms. The summed E-state index contributed by atoms with van der Waals surface area (Å²) >= 11 is 12.1. The number of rotatable bonds is 6. The summed E-state index contributed by atoms with van der Waals surface area (Å²) in [6.07, 6.45) is 51.8. The Hall–Kier alpha value is -0.850. The van der Waals surface area contributed by atoms with Gasteiger partial charge in [-0.15, -0.1) is 11.6 Å². The molecule has 414 valence electrons. The molecule has 0 aromatic heterocycles. The van der Waals surface area contributed by atoms with Crippen molar-refractivity contribution in [2.75, 3.05) is 0 Å². The summed E-state index contributed by atoms with van der Waals surface area (Å²) in [6, 6.07) is 0. The third-order valence-corrected chi connectivity index (χ3v) is 26.7. The quantitative estimate of drug-likeness (QED) is 0.181. The lowest BCUT2D eigenvalue weighted by Gasteiger charge is -2.56. The topological polar surface area (TPSA) is 118 Å². The van der Waals surface area contributed by atoms with Crippen LogP contribution < -0.4 is 5.73 Å². The summed E-state index contributed by atoms with van der Waals surface area (Å²) in [7, 11) is 0. The highest BCUT2D eigenvalue weighted by Gasteiger charge is 2.55. The molecule has 24 saturated carbocycles. The number of amides is 1. The highest BCUT2D eigenvalue weighted by Crippen LogP contribution is 2.65. The summed E-state index contributed by atoms with van der Waals surface area (Å²) in [6.45, 7) is 0. The van der Waals surface area contributed by atoms with Gasteiger partial charge >= 0.3 is 5.97 Å². The van der Waals surface area contributed by atoms with Gasteiger partial charge in [-0.3, -0.25) is 14.4 Å². The Bertz CT molecular complexity index is 1670. The number of carboxylic acids is 1. The van der Waals surface area contributed by atoms with E-state index in [2.05, 4.69) is 0 Å². The molecule has 4 N–H and O–H groups in total. The predicted octanol–water partition coefficient (Wildman–Crippen LogP) is 16.1. The van der Waals surface area contributed by atoms with Crippen molar-refractivity contribution in [2.24, 2.45) is 134 Å². The molecule has 0 heterocycles. The number of hydrogen-bond donors (Lipinski definition) is 3. The van der Waals surface area contributed by atoms with E-state index in [1.54, 1.807) is 38.5 Å². The molecule has 0 atom stereocenters. The van der Waals surface area contributed by atoms with Crippen LogP contribution in [0.5, 0.6) is 0 Å². The number of carbonyl (C=O) groups excluding carboxylic acids is 2. The van der Waals surface area contributed by atoms with Crippen LogP contribution in [0.3, 0.4) is 0 Å². The summed E-state index contributed by atoms with van der Waals surface area (Å²) in [5, 5.41) is 19.0. The Morgan fingerprint density at radius 1 is 0.338 bits per heavy atom. The molecule has 6 nitrogen and oxygen atoms in total. The minimum Gasteiger partial charge on any atom is -0.481 e. The van der Waals surface area contributed by atoms with E-state index in [1.165, 1.54) is 197 Å². The average molecular weight is 1060 g/mol. The van der Waals surface area contributed by atoms with Crippen molar-refractivity contribution in [2.45, 2.75) is 261 Å². The number of carboxylic acid groups (broad SMARTS) is 1. The second-order valence-corrected chi connectivity index (χ2v) is 34.3. The number of nitrogens with two attached hydrogens (primary N) is 1. The molecule has 0 aromatic carbocycles. The van der Waals surface area contributed by atoms with E-state index in [0.29, 0.717) is 30.1 Å². The van der Waals surface area contributed by atoms with Crippen molar-refractivity contribution < 1.29 is 24.6 Å². The van der Waals surface area contributed by atoms with Crippen LogP contribution in [-0.2, 0) is 14.4 Å². The zero-order valence-electron chi connectivity index (χ0n) is 46.0. The van der Waals surface area contributed by atoms with E-state index in [1.807, 2.05) is 0 Å². The number of carbonyl (C=O) groups is 3. The molecule has 0 saturated heterocycles. The first-order valence-corrected chi connectivity index (χ1v) is 33.2. The van der Waals surface area contributed by atoms with Crippen LogP contribution in [-0.4, -0.2) is 37.8 Å². The maximum Gasteiger partial charge on any atom is 0.303 e. The van der Waals surface area contributed by atoms with Crippen molar-refractivity contribution >= 4 is 40.3 Å². The van der Waals surface area contributed by atoms with Crippen LogP contribution in [0.25, 0.3) is 0 Å². The van der Waals surface area contributed by atoms with Gasteiger partial charge in [0.05, 0.1) is 12.0 Å². The molecular weight excluding hydrogens is 958 g/mol. The Balaban J connectivity index is 0.0000000860. The molecule has 8 heteroatoms. The van der Waals surface area contributed by atoms with Crippen LogP contribution in [0.15, 0.2) is 0 Å². The second-order valence-electron chi connectivity index (χ2n) is 33.1. The molecule has 24 aliphatic rings. The molecule has 24 rings (SSSR count). The predicted molar refractivity (Wildman–Crippen MR) is 295 cm³/mol. The number of hydrogen-bond acceptors (Lipinski definition) is 4. The van der Waals surface area contributed by atoms with E-state index in [-0.39, 0.29) is 27.0 Å². The summed E-state index contributed by atoms with van der Waals surface area (Å²) in [5.41, 5.74) is 6.09. The van der Waals surface area contributed by atoms with Crippen LogP contribution in [0.2, 0.25) is 0 Å². The van der Waals surface area contributed by atoms with Gasteiger partial charge in [0.2, 0.25) is 11.1 Å². The van der Waals surface area contributed by atoms with Crippen molar-refractivity contribution in [3.63, 3.8) is 0 Å². The molecule has 0 aromatic rings. The molecule has 1 amide bonds. The van der Waals surface area contributed by atoms with Crippen LogP contribution >= 0.6 is 23.2 Å². The van der Waals surface area contributed by atoms with Gasteiger partial charge in [-0.25, -0.2) is 0 Å². The number of aliphatic carboxylic acids is 1. The van der Waals surface area contributed by atoms with Gasteiger partial charge in [0, 0.05) is 17.7 Å². The summed E-state index contributed by atoms with van der Waals surface area (Å²) in [4.78, 5) is 33.4. The Labute approximate surface area is 457 Å². The maximum atomic E-state index is 11.1. The van der Waals surface area contributed by atoms with Crippen LogP contribution in [0, 0.1) is 129 Å². The number of halogens is 2. The molecular formula is C66H101Cl2NO5. The Kier molecular flexibility index (Phi) is 14.4. The standard InChI is InChI=1S/C12H17ClO.C12H19NO.C12H18O2.C10H15Cl.C10H16O.C10H16/c3*13-11(14)7-12-4-8-1-9(5-12)3-10(2-8)6-12;2*11-10-4-7-1-8(5-10)3-9(2-7)6-10;1-7-2-9-4-8(1)5-10(3-7)6-9/h8-10H,1-7H2;8-10H,1-7H2,(H2,13,14);8-10H,1-7H2,(H,13,14);7-9H,1-6H2;7-9,11H,1-6H2;7-10H,1-6H2. The van der Waals surface area contributed by atoms with Gasteiger partial charge < -0.3 is 15.9 Å². The lowest BCUT2D eigenvalue weighted by molar-refractivity contribution is -0.145. The monoisotopic (exact) mass is 1060 g/mol. The summed E-state index contributed by atoms with van der Waals surface area (Å²) in [5.74, 6) is 18.0. The lowest BCUT2D eigenvalue weighted by Crippen LogP contribution is -2.50. The molecule has 0 unspecified atom stereocenters. The first-order chi connectivity index (χ1) is 35.3. The zero-order valence-corrected chi connectivity index (χ0v) is 47.5. The molecule has 0 radical (unpaired) electrons. The van der Waals surface area contributed by atoms with Gasteiger partial charge in [-0.1, -0.05) is 0 Å². The SMILES string of the molecule is C1C2CC3CC1CC(C2)C3.ClC12CC3CC(CC(C3)C1)C2.NC(=O)CC12CC3CC(CC(C3)C1)C2.O=C(Cl)CC12CC3CC(CC(C3)C1)C2.O=C(O)CC12CC3CC(CC(C3)C1)C2.OC12CC3CC(CC(C3)C1)C2. The highest BCUT2D eigenvalue weighted by molar-refractivity contribution is 6.63. The van der Waals surface area contributed by atoms with Crippen molar-refractivity contribution in [1.29, 1.82) is 0 Å². The summed E-state index contributed by atoms with van der Waals surface area (Å²) < 4.78 is 0. The molecule has 24 bridgehead atoms. The smallest absolute Gasteiger partial charge is 0.303 e. The fraction of sp³-hybridized carbons (Fsp3) is 0.955. The van der Waals surface area contributed by atoms with Gasteiger partial charge in [0.15, 0.2) is 0 Å². The number of alkyl halides is 1. The minimum atomic E-state index is -0.577. The first-order valence-electron chi connectivity index (χ1n) is 32.4. The first kappa shape index (κ1) is 52.5. The minimum absolute atomic E-state index is 0.0769. The Morgan fingerprint density at radius 2 is 0.541 bits per heavy atom.